The molecule has 1 saturated heterocycles. The maximum absolute atomic E-state index is 12.4. The van der Waals surface area contributed by atoms with E-state index >= 15 is 0 Å². The molecule has 8 nitrogen and oxygen atoms in total. The van der Waals surface area contributed by atoms with Gasteiger partial charge < -0.3 is 24.4 Å². The summed E-state index contributed by atoms with van der Waals surface area (Å²) in [6.07, 6.45) is 1.70. The number of hydrogen-bond donors (Lipinski definition) is 1. The number of benzene rings is 1. The summed E-state index contributed by atoms with van der Waals surface area (Å²) >= 11 is 0. The Labute approximate surface area is 152 Å². The zero-order valence-electron chi connectivity index (χ0n) is 14.9. The Kier molecular flexibility index (Phi) is 5.85. The Balaban J connectivity index is 1.66. The Morgan fingerprint density at radius 3 is 2.54 bits per heavy atom. The second-order valence-corrected chi connectivity index (χ2v) is 5.71. The molecule has 1 aromatic heterocycles. The van der Waals surface area contributed by atoms with E-state index in [0.717, 1.165) is 18.9 Å². The maximum atomic E-state index is 12.4. The summed E-state index contributed by atoms with van der Waals surface area (Å²) in [5.74, 6) is 2.26. The largest absolute Gasteiger partial charge is 0.497 e. The van der Waals surface area contributed by atoms with Crippen molar-refractivity contribution in [2.45, 2.75) is 6.54 Å². The smallest absolute Gasteiger partial charge is 0.251 e. The molecular formula is C18H22N4O4. The zero-order chi connectivity index (χ0) is 18.4. The second-order valence-electron chi connectivity index (χ2n) is 5.71. The average molecular weight is 358 g/mol. The van der Waals surface area contributed by atoms with Gasteiger partial charge in [0.25, 0.3) is 5.91 Å². The minimum atomic E-state index is -0.248. The number of morpholine rings is 1. The lowest BCUT2D eigenvalue weighted by molar-refractivity contribution is 0.0949. The zero-order valence-corrected chi connectivity index (χ0v) is 14.9. The fourth-order valence-corrected chi connectivity index (χ4v) is 2.64. The van der Waals surface area contributed by atoms with Crippen LogP contribution >= 0.6 is 0 Å². The summed E-state index contributed by atoms with van der Waals surface area (Å²) in [7, 11) is 3.09. The Morgan fingerprint density at radius 2 is 1.88 bits per heavy atom. The van der Waals surface area contributed by atoms with Gasteiger partial charge in [-0.15, -0.1) is 0 Å². The van der Waals surface area contributed by atoms with Gasteiger partial charge >= 0.3 is 0 Å². The van der Waals surface area contributed by atoms with E-state index in [1.54, 1.807) is 38.6 Å². The van der Waals surface area contributed by atoms with Crippen LogP contribution in [0.2, 0.25) is 0 Å². The summed E-state index contributed by atoms with van der Waals surface area (Å²) in [6.45, 7) is 3.21. The SMILES string of the molecule is COc1cc(OC)cc(C(=O)NCc2nccc(N3CCOCC3)n2)c1. The van der Waals surface area contributed by atoms with Crippen molar-refractivity contribution in [3.8, 4) is 11.5 Å². The van der Waals surface area contributed by atoms with Gasteiger partial charge in [0.15, 0.2) is 0 Å². The summed E-state index contributed by atoms with van der Waals surface area (Å²) in [4.78, 5) is 23.3. The minimum absolute atomic E-state index is 0.233. The first-order valence-corrected chi connectivity index (χ1v) is 8.35. The molecule has 26 heavy (non-hydrogen) atoms. The molecule has 3 rings (SSSR count). The van der Waals surface area contributed by atoms with Gasteiger partial charge in [-0.05, 0) is 18.2 Å². The molecule has 0 aliphatic carbocycles. The number of methoxy groups -OCH3 is 2. The fraction of sp³-hybridized carbons (Fsp3) is 0.389. The van der Waals surface area contributed by atoms with Crippen LogP contribution in [0, 0.1) is 0 Å². The van der Waals surface area contributed by atoms with Gasteiger partial charge in [0, 0.05) is 30.9 Å². The van der Waals surface area contributed by atoms with Crippen LogP contribution in [0.25, 0.3) is 0 Å². The number of nitrogens with zero attached hydrogens (tertiary/aromatic N) is 3. The number of aromatic nitrogens is 2. The molecule has 1 amide bonds. The van der Waals surface area contributed by atoms with Crippen molar-refractivity contribution in [1.82, 2.24) is 15.3 Å². The van der Waals surface area contributed by atoms with Crippen LogP contribution in [0.4, 0.5) is 5.82 Å². The van der Waals surface area contributed by atoms with Crippen molar-refractivity contribution < 1.29 is 19.0 Å². The molecule has 1 aliphatic heterocycles. The molecule has 1 fully saturated rings. The molecule has 138 valence electrons. The van der Waals surface area contributed by atoms with Crippen LogP contribution in [0.1, 0.15) is 16.2 Å². The molecule has 0 saturated carbocycles. The number of ether oxygens (including phenoxy) is 3. The third kappa shape index (κ3) is 4.40. The average Bonchev–Trinajstić information content (AvgIpc) is 2.72. The molecule has 1 aromatic carbocycles. The van der Waals surface area contributed by atoms with Crippen molar-refractivity contribution in [3.63, 3.8) is 0 Å². The number of amides is 1. The molecular weight excluding hydrogens is 336 g/mol. The molecule has 0 radical (unpaired) electrons. The van der Waals surface area contributed by atoms with Crippen molar-refractivity contribution in [2.24, 2.45) is 0 Å². The van der Waals surface area contributed by atoms with Crippen LogP contribution in [0.5, 0.6) is 11.5 Å². The predicted octanol–water partition coefficient (Wildman–Crippen LogP) is 1.26. The number of anilines is 1. The highest BCUT2D eigenvalue weighted by atomic mass is 16.5. The van der Waals surface area contributed by atoms with E-state index in [1.807, 2.05) is 6.07 Å². The lowest BCUT2D eigenvalue weighted by atomic mass is 10.2. The molecule has 2 heterocycles. The second kappa shape index (κ2) is 8.48. The highest BCUT2D eigenvalue weighted by Gasteiger charge is 2.14. The van der Waals surface area contributed by atoms with Crippen LogP contribution in [0.15, 0.2) is 30.5 Å². The van der Waals surface area contributed by atoms with Gasteiger partial charge in [-0.25, -0.2) is 9.97 Å². The van der Waals surface area contributed by atoms with Crippen LogP contribution in [-0.2, 0) is 11.3 Å². The van der Waals surface area contributed by atoms with Crippen molar-refractivity contribution in [2.75, 3.05) is 45.4 Å². The van der Waals surface area contributed by atoms with Crippen LogP contribution < -0.4 is 19.7 Å². The molecule has 2 aromatic rings. The quantitative estimate of drug-likeness (QED) is 0.832. The van der Waals surface area contributed by atoms with E-state index < -0.39 is 0 Å². The predicted molar refractivity (Wildman–Crippen MR) is 95.8 cm³/mol. The summed E-state index contributed by atoms with van der Waals surface area (Å²) < 4.78 is 15.7. The highest BCUT2D eigenvalue weighted by Crippen LogP contribution is 2.22. The Hall–Kier alpha value is -2.87. The van der Waals surface area contributed by atoms with E-state index in [-0.39, 0.29) is 12.5 Å². The molecule has 8 heteroatoms. The molecule has 0 spiro atoms. The summed E-state index contributed by atoms with van der Waals surface area (Å²) in [6, 6.07) is 6.89. The van der Waals surface area contributed by atoms with E-state index in [9.17, 15) is 4.79 Å². The summed E-state index contributed by atoms with van der Waals surface area (Å²) in [5, 5.41) is 2.83. The third-order valence-electron chi connectivity index (χ3n) is 4.05. The van der Waals surface area contributed by atoms with Gasteiger partial charge in [-0.2, -0.15) is 0 Å². The lowest BCUT2D eigenvalue weighted by Gasteiger charge is -2.27. The van der Waals surface area contributed by atoms with Crippen molar-refractivity contribution in [3.05, 3.63) is 41.9 Å². The topological polar surface area (TPSA) is 85.8 Å². The van der Waals surface area contributed by atoms with E-state index in [2.05, 4.69) is 20.2 Å². The molecule has 0 unspecified atom stereocenters. The number of rotatable bonds is 6. The van der Waals surface area contributed by atoms with Crippen molar-refractivity contribution >= 4 is 11.7 Å². The molecule has 0 atom stereocenters. The monoisotopic (exact) mass is 358 g/mol. The molecule has 1 N–H and O–H groups in total. The highest BCUT2D eigenvalue weighted by molar-refractivity contribution is 5.95. The first-order valence-electron chi connectivity index (χ1n) is 8.35. The van der Waals surface area contributed by atoms with Gasteiger partial charge in [0.1, 0.15) is 23.1 Å². The Morgan fingerprint density at radius 1 is 1.19 bits per heavy atom. The molecule has 1 aliphatic rings. The van der Waals surface area contributed by atoms with E-state index in [4.69, 9.17) is 14.2 Å². The number of hydrogen-bond acceptors (Lipinski definition) is 7. The summed E-state index contributed by atoms with van der Waals surface area (Å²) in [5.41, 5.74) is 0.450. The first-order chi connectivity index (χ1) is 12.7. The van der Waals surface area contributed by atoms with Gasteiger partial charge in [-0.1, -0.05) is 0 Å². The van der Waals surface area contributed by atoms with Crippen LogP contribution in [0.3, 0.4) is 0 Å². The lowest BCUT2D eigenvalue weighted by Crippen LogP contribution is -2.37. The normalized spacial score (nSPS) is 14.0. The number of carbonyl (C=O) groups excluding carboxylic acids is 1. The van der Waals surface area contributed by atoms with Gasteiger partial charge in [0.2, 0.25) is 0 Å². The van der Waals surface area contributed by atoms with Crippen LogP contribution in [-0.4, -0.2) is 56.4 Å². The van der Waals surface area contributed by atoms with Gasteiger partial charge in [0.05, 0.1) is 34.0 Å². The fourth-order valence-electron chi connectivity index (χ4n) is 2.64. The van der Waals surface area contributed by atoms with E-state index in [0.29, 0.717) is 36.1 Å². The van der Waals surface area contributed by atoms with E-state index in [1.165, 1.54) is 0 Å². The maximum Gasteiger partial charge on any atom is 0.251 e. The van der Waals surface area contributed by atoms with Gasteiger partial charge in [-0.3, -0.25) is 4.79 Å². The third-order valence-corrected chi connectivity index (χ3v) is 4.05. The number of nitrogens with one attached hydrogen (secondary N) is 1. The van der Waals surface area contributed by atoms with Crippen molar-refractivity contribution in [1.29, 1.82) is 0 Å². The minimum Gasteiger partial charge on any atom is -0.497 e. The Bertz CT molecular complexity index is 740. The molecule has 0 bridgehead atoms. The standard InChI is InChI=1S/C18H22N4O4/c1-24-14-9-13(10-15(11-14)25-2)18(23)20-12-16-19-4-3-17(21-16)22-5-7-26-8-6-22/h3-4,9-11H,5-8,12H2,1-2H3,(H,20,23). The number of carbonyl (C=O) groups is 1. The first kappa shape index (κ1) is 17.9.